The van der Waals surface area contributed by atoms with Crippen molar-refractivity contribution < 1.29 is 18.8 Å². The molecule has 2 aromatic carbocycles. The zero-order valence-electron chi connectivity index (χ0n) is 15.5. The van der Waals surface area contributed by atoms with E-state index in [1.165, 1.54) is 18.4 Å². The monoisotopic (exact) mass is 417 g/mol. The van der Waals surface area contributed by atoms with Gasteiger partial charge < -0.3 is 9.73 Å². The number of anilines is 2. The van der Waals surface area contributed by atoms with Crippen molar-refractivity contribution in [1.29, 1.82) is 0 Å². The Balaban J connectivity index is 1.38. The van der Waals surface area contributed by atoms with Crippen LogP contribution < -0.4 is 15.5 Å². The van der Waals surface area contributed by atoms with Crippen LogP contribution in [0.2, 0.25) is 0 Å². The Labute approximate surface area is 177 Å². The van der Waals surface area contributed by atoms with Crippen molar-refractivity contribution in [1.82, 2.24) is 5.32 Å². The average molecular weight is 417 g/mol. The molecule has 0 atom stereocenters. The zero-order valence-corrected chi connectivity index (χ0v) is 16.3. The fraction of sp³-hybridized carbons (Fsp3) is 0. The Morgan fingerprint density at radius 1 is 0.933 bits per heavy atom. The molecule has 8 heteroatoms. The lowest BCUT2D eigenvalue weighted by Crippen LogP contribution is -2.33. The summed E-state index contributed by atoms with van der Waals surface area (Å²) < 4.78 is 5.11. The van der Waals surface area contributed by atoms with Crippen molar-refractivity contribution in [3.05, 3.63) is 89.9 Å². The molecule has 0 fully saturated rings. The van der Waals surface area contributed by atoms with E-state index in [9.17, 15) is 14.4 Å². The van der Waals surface area contributed by atoms with Crippen LogP contribution in [-0.2, 0) is 4.79 Å². The highest BCUT2D eigenvalue weighted by Gasteiger charge is 2.36. The molecule has 0 saturated carbocycles. The van der Waals surface area contributed by atoms with Gasteiger partial charge in [-0.3, -0.25) is 19.7 Å². The maximum absolute atomic E-state index is 12.5. The molecule has 2 N–H and O–H groups in total. The normalized spacial score (nSPS) is 12.9. The van der Waals surface area contributed by atoms with Crippen LogP contribution in [0.4, 0.5) is 11.4 Å². The molecular weight excluding hydrogens is 402 g/mol. The molecule has 0 spiro atoms. The lowest BCUT2D eigenvalue weighted by Gasteiger charge is -2.15. The van der Waals surface area contributed by atoms with E-state index in [2.05, 4.69) is 10.6 Å². The minimum Gasteiger partial charge on any atom is -0.465 e. The number of amides is 3. The Bertz CT molecular complexity index is 1130. The second kappa shape index (κ2) is 8.14. The van der Waals surface area contributed by atoms with Crippen LogP contribution in [0, 0.1) is 0 Å². The number of imide groups is 1. The van der Waals surface area contributed by atoms with Gasteiger partial charge in [-0.1, -0.05) is 12.1 Å². The number of benzene rings is 2. The van der Waals surface area contributed by atoms with E-state index >= 15 is 0 Å². The molecule has 148 valence electrons. The molecule has 0 radical (unpaired) electrons. The molecule has 0 saturated heterocycles. The largest absolute Gasteiger partial charge is 0.465 e. The van der Waals surface area contributed by atoms with Gasteiger partial charge in [0.2, 0.25) is 5.91 Å². The second-order valence-electron chi connectivity index (χ2n) is 6.33. The number of fused-ring (bicyclic) bond motifs is 1. The Morgan fingerprint density at radius 2 is 1.60 bits per heavy atom. The molecule has 0 unspecified atom stereocenters. The second-order valence-corrected chi connectivity index (χ2v) is 6.74. The van der Waals surface area contributed by atoms with E-state index in [1.807, 2.05) is 0 Å². The molecule has 2 heterocycles. The quantitative estimate of drug-likeness (QED) is 0.383. The minimum absolute atomic E-state index is 0.109. The molecular formula is C22H15N3O4S. The maximum Gasteiger partial charge on any atom is 0.266 e. The van der Waals surface area contributed by atoms with Crippen molar-refractivity contribution in [3.63, 3.8) is 0 Å². The molecule has 1 aliphatic rings. The fourth-order valence-electron chi connectivity index (χ4n) is 2.98. The predicted molar refractivity (Wildman–Crippen MR) is 116 cm³/mol. The third kappa shape index (κ3) is 3.89. The van der Waals surface area contributed by atoms with Crippen molar-refractivity contribution >= 4 is 52.5 Å². The number of carbonyl (C=O) groups excluding carboxylic acids is 3. The van der Waals surface area contributed by atoms with E-state index in [0.29, 0.717) is 28.3 Å². The first-order chi connectivity index (χ1) is 14.5. The van der Waals surface area contributed by atoms with E-state index in [0.717, 1.165) is 4.90 Å². The van der Waals surface area contributed by atoms with Crippen molar-refractivity contribution in [3.8, 4) is 0 Å². The first kappa shape index (κ1) is 19.3. The van der Waals surface area contributed by atoms with Crippen molar-refractivity contribution in [2.24, 2.45) is 0 Å². The van der Waals surface area contributed by atoms with Crippen molar-refractivity contribution in [2.45, 2.75) is 0 Å². The molecule has 0 aliphatic carbocycles. The van der Waals surface area contributed by atoms with Gasteiger partial charge in [0.1, 0.15) is 5.76 Å². The van der Waals surface area contributed by atoms with Crippen LogP contribution in [0.25, 0.3) is 6.08 Å². The highest BCUT2D eigenvalue weighted by molar-refractivity contribution is 7.80. The number of hydrogen-bond acceptors (Lipinski definition) is 5. The molecule has 30 heavy (non-hydrogen) atoms. The van der Waals surface area contributed by atoms with Gasteiger partial charge in [-0.15, -0.1) is 0 Å². The summed E-state index contributed by atoms with van der Waals surface area (Å²) in [6, 6.07) is 16.7. The van der Waals surface area contributed by atoms with Crippen molar-refractivity contribution in [2.75, 3.05) is 10.2 Å². The fourth-order valence-corrected chi connectivity index (χ4v) is 3.20. The van der Waals surface area contributed by atoms with Crippen LogP contribution in [0.5, 0.6) is 0 Å². The molecule has 7 nitrogen and oxygen atoms in total. The maximum atomic E-state index is 12.5. The summed E-state index contributed by atoms with van der Waals surface area (Å²) in [6.45, 7) is 0. The van der Waals surface area contributed by atoms with E-state index < -0.39 is 5.91 Å². The van der Waals surface area contributed by atoms with Crippen LogP contribution in [0.15, 0.2) is 77.4 Å². The number of rotatable bonds is 4. The SMILES string of the molecule is O=C(/C=C/c1ccco1)NC(=S)Nc1ccc(N2C(=O)c3ccccc3C2=O)cc1. The summed E-state index contributed by atoms with van der Waals surface area (Å²) in [6.07, 6.45) is 4.34. The highest BCUT2D eigenvalue weighted by Crippen LogP contribution is 2.28. The molecule has 1 aromatic heterocycles. The van der Waals surface area contributed by atoms with Crippen LogP contribution in [0.1, 0.15) is 26.5 Å². The third-order valence-corrected chi connectivity index (χ3v) is 4.56. The highest BCUT2D eigenvalue weighted by atomic mass is 32.1. The topological polar surface area (TPSA) is 91.7 Å². The minimum atomic E-state index is -0.411. The Kier molecular flexibility index (Phi) is 5.23. The summed E-state index contributed by atoms with van der Waals surface area (Å²) >= 11 is 5.13. The lowest BCUT2D eigenvalue weighted by molar-refractivity contribution is -0.115. The summed E-state index contributed by atoms with van der Waals surface area (Å²) in [7, 11) is 0. The Morgan fingerprint density at radius 3 is 2.20 bits per heavy atom. The van der Waals surface area contributed by atoms with Gasteiger partial charge in [0.05, 0.1) is 23.1 Å². The number of hydrogen-bond donors (Lipinski definition) is 2. The van der Waals surface area contributed by atoms with Gasteiger partial charge >= 0.3 is 0 Å². The Hall–Kier alpha value is -4.04. The average Bonchev–Trinajstić information content (AvgIpc) is 3.35. The van der Waals surface area contributed by atoms with Crippen LogP contribution in [0.3, 0.4) is 0 Å². The van der Waals surface area contributed by atoms with Crippen LogP contribution >= 0.6 is 12.2 Å². The number of nitrogens with one attached hydrogen (secondary N) is 2. The third-order valence-electron chi connectivity index (χ3n) is 4.36. The van der Waals surface area contributed by atoms with Gasteiger partial charge in [0.25, 0.3) is 11.8 Å². The number of furan rings is 1. The van der Waals surface area contributed by atoms with E-state index in [-0.39, 0.29) is 16.9 Å². The summed E-state index contributed by atoms with van der Waals surface area (Å²) in [4.78, 5) is 38.1. The number of nitrogens with zero attached hydrogens (tertiary/aromatic N) is 1. The summed E-state index contributed by atoms with van der Waals surface area (Å²) in [5.41, 5.74) is 1.81. The molecule has 1 aliphatic heterocycles. The smallest absolute Gasteiger partial charge is 0.266 e. The summed E-state index contributed by atoms with van der Waals surface area (Å²) in [5.74, 6) is -0.579. The number of carbonyl (C=O) groups is 3. The standard InChI is InChI=1S/C22H15N3O4S/c26-19(12-11-16-4-3-13-29-16)24-22(30)23-14-7-9-15(10-8-14)25-20(27)17-5-1-2-6-18(17)21(25)28/h1-13H,(H2,23,24,26,30)/b12-11+. The lowest BCUT2D eigenvalue weighted by atomic mass is 10.1. The molecule has 3 amide bonds. The first-order valence-electron chi connectivity index (χ1n) is 8.94. The van der Waals surface area contributed by atoms with Gasteiger partial charge in [0, 0.05) is 11.8 Å². The predicted octanol–water partition coefficient (Wildman–Crippen LogP) is 3.61. The van der Waals surface area contributed by atoms with E-state index in [1.54, 1.807) is 60.7 Å². The zero-order chi connectivity index (χ0) is 21.1. The number of thiocarbonyl (C=S) groups is 1. The molecule has 3 aromatic rings. The van der Waals surface area contributed by atoms with Crippen LogP contribution in [-0.4, -0.2) is 22.8 Å². The van der Waals surface area contributed by atoms with Gasteiger partial charge in [0.15, 0.2) is 5.11 Å². The first-order valence-corrected chi connectivity index (χ1v) is 9.35. The molecule has 0 bridgehead atoms. The molecule has 4 rings (SSSR count). The van der Waals surface area contributed by atoms with Gasteiger partial charge in [-0.25, -0.2) is 4.90 Å². The summed E-state index contributed by atoms with van der Waals surface area (Å²) in [5, 5.41) is 5.51. The van der Waals surface area contributed by atoms with Gasteiger partial charge in [-0.05, 0) is 66.8 Å². The van der Waals surface area contributed by atoms with Gasteiger partial charge in [-0.2, -0.15) is 0 Å². The van der Waals surface area contributed by atoms with E-state index in [4.69, 9.17) is 16.6 Å².